The van der Waals surface area contributed by atoms with E-state index < -0.39 is 15.8 Å². The predicted molar refractivity (Wildman–Crippen MR) is 18.3 cm³/mol. The first-order chi connectivity index (χ1) is 2.27. The zero-order valence-electron chi connectivity index (χ0n) is 2.20. The maximum Gasteiger partial charge on any atom is 0.322 e. The summed E-state index contributed by atoms with van der Waals surface area (Å²) < 4.78 is 0. The van der Waals surface area contributed by atoms with Gasteiger partial charge in [-0.25, -0.2) is 0 Å². The average Bonchev–Trinajstić information content (AvgIpc) is 1.38. The zero-order valence-corrected chi connectivity index (χ0v) is 3.99. The van der Waals surface area contributed by atoms with Crippen LogP contribution in [-0.4, -0.2) is 9.79 Å². The molecule has 0 aromatic heterocycles. The van der Waals surface area contributed by atoms with Crippen molar-refractivity contribution in [1.29, 1.82) is 0 Å². The lowest BCUT2D eigenvalue weighted by molar-refractivity contribution is -0.166. The van der Waals surface area contributed by atoms with Crippen molar-refractivity contribution in [1.82, 2.24) is 0 Å². The Balaban J connectivity index is 3.14. The number of hydrogen-bond acceptors (Lipinski definition) is 1. The van der Waals surface area contributed by atoms with Gasteiger partial charge in [0, 0.05) is 0 Å². The minimum atomic E-state index is -2.32. The molecule has 5 heavy (non-hydrogen) atoms. The minimum Gasteiger partial charge on any atom is -0.599 e. The fourth-order valence-corrected chi connectivity index (χ4v) is 0. The molecule has 30 valence electrons. The van der Waals surface area contributed by atoms with Crippen LogP contribution in [0, 0.1) is 0 Å². The van der Waals surface area contributed by atoms with Gasteiger partial charge in [0.15, 0.2) is 0 Å². The highest BCUT2D eigenvalue weighted by Crippen LogP contribution is 2.15. The summed E-state index contributed by atoms with van der Waals surface area (Å²) in [6, 6.07) is 0. The van der Waals surface area contributed by atoms with Crippen LogP contribution in [0.1, 0.15) is 0 Å². The second kappa shape index (κ2) is 2.70. The van der Waals surface area contributed by atoms with Gasteiger partial charge in [0.2, 0.25) is 0 Å². The maximum absolute atomic E-state index is 9.25. The molecule has 0 fully saturated rings. The quantitative estimate of drug-likeness (QED) is 0.412. The van der Waals surface area contributed by atoms with Crippen LogP contribution in [0.3, 0.4) is 0 Å². The van der Waals surface area contributed by atoms with Gasteiger partial charge in [0.05, 0.1) is 0 Å². The van der Waals surface area contributed by atoms with Crippen LogP contribution in [-0.2, 0) is 0 Å². The summed E-state index contributed by atoms with van der Waals surface area (Å²) in [6.07, 6.45) is 0. The van der Waals surface area contributed by atoms with Gasteiger partial charge in [0.25, 0.3) is 7.66 Å². The third kappa shape index (κ3) is 4.48. The summed E-state index contributed by atoms with van der Waals surface area (Å²) in [5.41, 5.74) is 0. The molecule has 0 spiro atoms. The molecule has 0 saturated heterocycles. The van der Waals surface area contributed by atoms with Crippen molar-refractivity contribution in [3.8, 4) is 0 Å². The van der Waals surface area contributed by atoms with Crippen LogP contribution < -0.4 is 4.89 Å². The Bertz CT molecular complexity index is 42.9. The van der Waals surface area contributed by atoms with Gasteiger partial charge in [-0.3, -0.25) is 0 Å². The van der Waals surface area contributed by atoms with Crippen molar-refractivity contribution in [2.45, 2.75) is 0 Å². The smallest absolute Gasteiger partial charge is 0.322 e. The van der Waals surface area contributed by atoms with Gasteiger partial charge < -0.3 is 9.79 Å². The second-order valence-corrected chi connectivity index (χ2v) is 2.59. The molecule has 2 N–H and O–H groups in total. The molecule has 0 heterocycles. The summed E-state index contributed by atoms with van der Waals surface area (Å²) in [4.78, 5) is 24.4. The standard InChI is InChI=1S/H2O3P2/c1-4-5(2)3/h1H,(H,2,3). The summed E-state index contributed by atoms with van der Waals surface area (Å²) in [6.45, 7) is 0. The lowest BCUT2D eigenvalue weighted by atomic mass is 15.9. The van der Waals surface area contributed by atoms with Crippen molar-refractivity contribution >= 4 is 15.8 Å². The average molecular weight is 112 g/mol. The molecule has 0 aliphatic heterocycles. The molecule has 0 aromatic carbocycles. The van der Waals surface area contributed by atoms with E-state index in [4.69, 9.17) is 9.79 Å². The Hall–Kier alpha value is 0.480. The van der Waals surface area contributed by atoms with E-state index in [0.29, 0.717) is 0 Å². The first-order valence-electron chi connectivity index (χ1n) is 0.783. The molecule has 0 aliphatic rings. The van der Waals surface area contributed by atoms with Gasteiger partial charge in [-0.2, -0.15) is 4.89 Å². The van der Waals surface area contributed by atoms with E-state index in [1.807, 2.05) is 0 Å². The number of rotatable bonds is 0. The second-order valence-electron chi connectivity index (χ2n) is 0.342. The third-order valence-electron chi connectivity index (χ3n) is 0.0765. The lowest BCUT2D eigenvalue weighted by Crippen LogP contribution is -1.77. The van der Waals surface area contributed by atoms with Crippen molar-refractivity contribution < 1.29 is 14.7 Å². The van der Waals surface area contributed by atoms with Crippen LogP contribution in [0.5, 0.6) is 0 Å². The predicted octanol–water partition coefficient (Wildman–Crippen LogP) is -0.581. The molecule has 1 unspecified atom stereocenters. The fourth-order valence-electron chi connectivity index (χ4n) is 0. The normalized spacial score (nSPS) is 12.2. The van der Waals surface area contributed by atoms with E-state index in [1.54, 1.807) is 0 Å². The largest absolute Gasteiger partial charge is 0.599 e. The van der Waals surface area contributed by atoms with Gasteiger partial charge in [-0.05, 0) is 0 Å². The molecule has 0 radical (unpaired) electrons. The van der Waals surface area contributed by atoms with Gasteiger partial charge >= 0.3 is 8.09 Å². The molecule has 0 rings (SSSR count). The first-order valence-corrected chi connectivity index (χ1v) is 3.55. The Labute approximate surface area is 31.5 Å². The SMILES string of the molecule is [O-][P+](O)=PO. The first kappa shape index (κ1) is 5.48. The van der Waals surface area contributed by atoms with Crippen LogP contribution in [0.25, 0.3) is 0 Å². The van der Waals surface area contributed by atoms with Crippen LogP contribution in [0.2, 0.25) is 0 Å². The molecule has 0 saturated carbocycles. The van der Waals surface area contributed by atoms with E-state index in [1.165, 1.54) is 0 Å². The van der Waals surface area contributed by atoms with Crippen molar-refractivity contribution in [2.75, 3.05) is 0 Å². The van der Waals surface area contributed by atoms with Crippen LogP contribution in [0.15, 0.2) is 0 Å². The van der Waals surface area contributed by atoms with E-state index in [0.717, 1.165) is 0 Å². The maximum atomic E-state index is 9.25. The Morgan fingerprint density at radius 3 is 2.00 bits per heavy atom. The molecule has 5 heteroatoms. The topological polar surface area (TPSA) is 63.5 Å². The van der Waals surface area contributed by atoms with E-state index in [-0.39, 0.29) is 0 Å². The Morgan fingerprint density at radius 1 is 1.80 bits per heavy atom. The highest BCUT2D eigenvalue weighted by atomic mass is 31.8. The monoisotopic (exact) mass is 112 g/mol. The molecule has 3 nitrogen and oxygen atoms in total. The fraction of sp³-hybridized carbons (Fsp3) is 0. The minimum absolute atomic E-state index is 0.438. The van der Waals surface area contributed by atoms with Gasteiger partial charge in [-0.1, -0.05) is 0 Å². The van der Waals surface area contributed by atoms with E-state index in [9.17, 15) is 4.89 Å². The number of hydrogen-bond donors (Lipinski definition) is 2. The molecule has 0 amide bonds. The molecule has 0 aromatic rings. The van der Waals surface area contributed by atoms with Crippen molar-refractivity contribution in [2.24, 2.45) is 0 Å². The lowest BCUT2D eigenvalue weighted by Gasteiger charge is -1.69. The summed E-state index contributed by atoms with van der Waals surface area (Å²) >= 11 is 0. The Morgan fingerprint density at radius 2 is 2.00 bits per heavy atom. The van der Waals surface area contributed by atoms with Crippen LogP contribution >= 0.6 is 15.8 Å². The van der Waals surface area contributed by atoms with Gasteiger partial charge in [-0.15, -0.1) is 0 Å². The molecule has 0 bridgehead atoms. The summed E-state index contributed by atoms with van der Waals surface area (Å²) in [7, 11) is -2.76. The van der Waals surface area contributed by atoms with E-state index in [2.05, 4.69) is 0 Å². The highest BCUT2D eigenvalue weighted by Gasteiger charge is 1.75. The zero-order chi connectivity index (χ0) is 4.28. The van der Waals surface area contributed by atoms with Gasteiger partial charge in [0.1, 0.15) is 0 Å². The summed E-state index contributed by atoms with van der Waals surface area (Å²) in [5.74, 6) is 0. The highest BCUT2D eigenvalue weighted by molar-refractivity contribution is 7.84. The van der Waals surface area contributed by atoms with Crippen molar-refractivity contribution in [3.05, 3.63) is 0 Å². The van der Waals surface area contributed by atoms with Crippen LogP contribution in [0.4, 0.5) is 0 Å². The Kier molecular flexibility index (Phi) is 2.96. The molecule has 0 aliphatic carbocycles. The molecular formula is H2O3P2. The summed E-state index contributed by atoms with van der Waals surface area (Å²) in [5, 5.41) is 0. The van der Waals surface area contributed by atoms with Crippen molar-refractivity contribution in [3.63, 3.8) is 0 Å². The third-order valence-corrected chi connectivity index (χ3v) is 0.689. The molecular weight excluding hydrogens is 110 g/mol. The van der Waals surface area contributed by atoms with E-state index >= 15 is 0 Å². The molecule has 1 atom stereocenters.